The molecule has 132 valence electrons. The van der Waals surface area contributed by atoms with Crippen LogP contribution in [0, 0.1) is 5.82 Å². The molecule has 9 heteroatoms. The summed E-state index contributed by atoms with van der Waals surface area (Å²) >= 11 is 3.11. The third kappa shape index (κ3) is 9.46. The third-order valence-corrected chi connectivity index (χ3v) is 4.59. The highest BCUT2D eigenvalue weighted by Gasteiger charge is 2.09. The minimum atomic E-state index is -2.97. The Bertz CT molecular complexity index is 641. The van der Waals surface area contributed by atoms with Gasteiger partial charge in [0.15, 0.2) is 5.96 Å². The van der Waals surface area contributed by atoms with Crippen molar-refractivity contribution in [2.75, 3.05) is 19.1 Å². The van der Waals surface area contributed by atoms with Crippen LogP contribution in [0.4, 0.5) is 4.39 Å². The lowest BCUT2D eigenvalue weighted by Gasteiger charge is -2.17. The molecule has 1 aromatic carbocycles. The Hall–Kier alpha value is -0.420. The zero-order valence-corrected chi connectivity index (χ0v) is 18.0. The van der Waals surface area contributed by atoms with Crippen molar-refractivity contribution in [3.05, 3.63) is 34.1 Å². The van der Waals surface area contributed by atoms with Crippen LogP contribution < -0.4 is 10.6 Å². The minimum absolute atomic E-state index is 0. The molecule has 1 atom stereocenters. The van der Waals surface area contributed by atoms with Crippen LogP contribution in [0.15, 0.2) is 27.7 Å². The zero-order valence-electron chi connectivity index (χ0n) is 13.3. The highest BCUT2D eigenvalue weighted by Crippen LogP contribution is 2.16. The maximum atomic E-state index is 13.4. The summed E-state index contributed by atoms with van der Waals surface area (Å²) in [6.45, 7) is 2.31. The molecule has 0 fully saturated rings. The average molecular weight is 522 g/mol. The number of benzene rings is 1. The molecular weight excluding hydrogens is 500 g/mol. The fourth-order valence-corrected chi connectivity index (χ4v) is 2.75. The molecule has 1 rings (SSSR count). The smallest absolute Gasteiger partial charge is 0.191 e. The standard InChI is InChI=1S/C14H21BrFN3O2S.HI/c1-10(6-7-22(3,20)21)19-14(17-2)18-9-11-4-5-12(15)13(16)8-11;/h4-5,8,10H,6-7,9H2,1-3H3,(H2,17,18,19);1H. The van der Waals surface area contributed by atoms with Crippen LogP contribution in [0.1, 0.15) is 18.9 Å². The number of hydrogen-bond acceptors (Lipinski definition) is 3. The van der Waals surface area contributed by atoms with E-state index < -0.39 is 9.84 Å². The summed E-state index contributed by atoms with van der Waals surface area (Å²) in [7, 11) is -1.35. The Morgan fingerprint density at radius 2 is 2.09 bits per heavy atom. The van der Waals surface area contributed by atoms with Crippen molar-refractivity contribution < 1.29 is 12.8 Å². The van der Waals surface area contributed by atoms with Crippen LogP contribution in [-0.2, 0) is 16.4 Å². The second kappa shape index (κ2) is 10.4. The van der Waals surface area contributed by atoms with Crippen LogP contribution in [0.5, 0.6) is 0 Å². The van der Waals surface area contributed by atoms with Crippen molar-refractivity contribution in [2.24, 2.45) is 4.99 Å². The average Bonchev–Trinajstić information content (AvgIpc) is 2.44. The molecule has 5 nitrogen and oxygen atoms in total. The molecule has 23 heavy (non-hydrogen) atoms. The van der Waals surface area contributed by atoms with Gasteiger partial charge >= 0.3 is 0 Å². The van der Waals surface area contributed by atoms with E-state index in [0.717, 1.165) is 5.56 Å². The molecule has 0 radical (unpaired) electrons. The summed E-state index contributed by atoms with van der Waals surface area (Å²) in [6, 6.07) is 4.86. The molecule has 0 aliphatic carbocycles. The molecular formula is C14H22BrFIN3O2S. The van der Waals surface area contributed by atoms with E-state index in [2.05, 4.69) is 31.6 Å². The monoisotopic (exact) mass is 521 g/mol. The summed E-state index contributed by atoms with van der Waals surface area (Å²) in [5.41, 5.74) is 0.785. The Labute approximate surface area is 162 Å². The van der Waals surface area contributed by atoms with Gasteiger partial charge in [0.1, 0.15) is 15.7 Å². The van der Waals surface area contributed by atoms with Gasteiger partial charge in [-0.3, -0.25) is 4.99 Å². The van der Waals surface area contributed by atoms with Crippen molar-refractivity contribution in [1.82, 2.24) is 10.6 Å². The van der Waals surface area contributed by atoms with E-state index in [-0.39, 0.29) is 41.6 Å². The van der Waals surface area contributed by atoms with Gasteiger partial charge in [0.2, 0.25) is 0 Å². The first-order valence-corrected chi connectivity index (χ1v) is 9.65. The van der Waals surface area contributed by atoms with Gasteiger partial charge in [0.05, 0.1) is 10.2 Å². The van der Waals surface area contributed by atoms with Gasteiger partial charge in [-0.2, -0.15) is 0 Å². The molecule has 0 aromatic heterocycles. The molecule has 0 bridgehead atoms. The predicted octanol–water partition coefficient (Wildman–Crippen LogP) is 2.69. The lowest BCUT2D eigenvalue weighted by molar-refractivity contribution is 0.581. The first-order valence-electron chi connectivity index (χ1n) is 6.80. The second-order valence-electron chi connectivity index (χ2n) is 5.14. The third-order valence-electron chi connectivity index (χ3n) is 2.97. The van der Waals surface area contributed by atoms with Gasteiger partial charge in [0.25, 0.3) is 0 Å². The number of halogens is 3. The van der Waals surface area contributed by atoms with Crippen molar-refractivity contribution in [1.29, 1.82) is 0 Å². The van der Waals surface area contributed by atoms with E-state index in [1.807, 2.05) is 6.92 Å². The lowest BCUT2D eigenvalue weighted by atomic mass is 10.2. The first kappa shape index (κ1) is 22.6. The molecule has 0 saturated heterocycles. The SMILES string of the molecule is CN=C(NCc1ccc(Br)c(F)c1)NC(C)CCS(C)(=O)=O.I. The highest BCUT2D eigenvalue weighted by molar-refractivity contribution is 14.0. The van der Waals surface area contributed by atoms with Crippen LogP contribution in [0.25, 0.3) is 0 Å². The van der Waals surface area contributed by atoms with Gasteiger partial charge < -0.3 is 10.6 Å². The van der Waals surface area contributed by atoms with Crippen molar-refractivity contribution in [3.8, 4) is 0 Å². The molecule has 0 aliphatic heterocycles. The summed E-state index contributed by atoms with van der Waals surface area (Å²) in [5, 5.41) is 6.17. The van der Waals surface area contributed by atoms with E-state index in [4.69, 9.17) is 0 Å². The summed E-state index contributed by atoms with van der Waals surface area (Å²) in [4.78, 5) is 4.07. The van der Waals surface area contributed by atoms with Crippen LogP contribution in [-0.4, -0.2) is 39.5 Å². The summed E-state index contributed by atoms with van der Waals surface area (Å²) in [6.07, 6.45) is 1.71. The van der Waals surface area contributed by atoms with E-state index in [0.29, 0.717) is 23.4 Å². The molecule has 1 unspecified atom stereocenters. The highest BCUT2D eigenvalue weighted by atomic mass is 127. The van der Waals surface area contributed by atoms with Gasteiger partial charge in [-0.25, -0.2) is 12.8 Å². The predicted molar refractivity (Wildman–Crippen MR) is 107 cm³/mol. The van der Waals surface area contributed by atoms with E-state index in [1.165, 1.54) is 12.3 Å². The van der Waals surface area contributed by atoms with E-state index >= 15 is 0 Å². The molecule has 0 amide bonds. The fourth-order valence-electron chi connectivity index (χ4n) is 1.73. The Morgan fingerprint density at radius 1 is 1.43 bits per heavy atom. The number of sulfone groups is 1. The Balaban J connectivity index is 0.00000484. The molecule has 0 aliphatic rings. The summed E-state index contributed by atoms with van der Waals surface area (Å²) in [5.74, 6) is 0.351. The molecule has 0 saturated carbocycles. The van der Waals surface area contributed by atoms with Gasteiger partial charge in [-0.1, -0.05) is 6.07 Å². The van der Waals surface area contributed by atoms with Crippen molar-refractivity contribution in [2.45, 2.75) is 25.9 Å². The fraction of sp³-hybridized carbons (Fsp3) is 0.500. The van der Waals surface area contributed by atoms with E-state index in [1.54, 1.807) is 19.2 Å². The largest absolute Gasteiger partial charge is 0.354 e. The number of rotatable bonds is 6. The number of aliphatic imine (C=N–C) groups is 1. The molecule has 0 heterocycles. The van der Waals surface area contributed by atoms with Crippen LogP contribution >= 0.6 is 39.9 Å². The minimum Gasteiger partial charge on any atom is -0.354 e. The Kier molecular flexibility index (Phi) is 10.3. The topological polar surface area (TPSA) is 70.6 Å². The molecule has 0 spiro atoms. The quantitative estimate of drug-likeness (QED) is 0.343. The lowest BCUT2D eigenvalue weighted by Crippen LogP contribution is -2.42. The Morgan fingerprint density at radius 3 is 2.61 bits per heavy atom. The second-order valence-corrected chi connectivity index (χ2v) is 8.25. The zero-order chi connectivity index (χ0) is 16.8. The normalized spacial score (nSPS) is 13.2. The first-order chi connectivity index (χ1) is 10.2. The number of nitrogens with zero attached hydrogens (tertiary/aromatic N) is 1. The summed E-state index contributed by atoms with van der Waals surface area (Å²) < 4.78 is 36.2. The maximum Gasteiger partial charge on any atom is 0.191 e. The molecule has 2 N–H and O–H groups in total. The van der Waals surface area contributed by atoms with Crippen molar-refractivity contribution in [3.63, 3.8) is 0 Å². The number of nitrogens with one attached hydrogen (secondary N) is 2. The number of hydrogen-bond donors (Lipinski definition) is 2. The number of guanidine groups is 1. The van der Waals surface area contributed by atoms with Gasteiger partial charge in [-0.15, -0.1) is 24.0 Å². The van der Waals surface area contributed by atoms with Crippen molar-refractivity contribution >= 4 is 55.7 Å². The molecule has 1 aromatic rings. The van der Waals surface area contributed by atoms with Crippen LogP contribution in [0.2, 0.25) is 0 Å². The van der Waals surface area contributed by atoms with Gasteiger partial charge in [0, 0.05) is 25.9 Å². The van der Waals surface area contributed by atoms with E-state index in [9.17, 15) is 12.8 Å². The maximum absolute atomic E-state index is 13.4. The van der Waals surface area contributed by atoms with Gasteiger partial charge in [-0.05, 0) is 47.0 Å². The van der Waals surface area contributed by atoms with Crippen LogP contribution in [0.3, 0.4) is 0 Å².